The van der Waals surface area contributed by atoms with Crippen LogP contribution in [0, 0.1) is 5.92 Å². The Morgan fingerprint density at radius 1 is 1.13 bits per heavy atom. The molecule has 3 rings (SSSR count). The van der Waals surface area contributed by atoms with Crippen LogP contribution in [0.3, 0.4) is 0 Å². The molecule has 1 aromatic carbocycles. The average molecular weight is 416 g/mol. The molecule has 2 fully saturated rings. The fraction of sp³-hybridized carbons (Fsp3) is 0.609. The van der Waals surface area contributed by atoms with Gasteiger partial charge in [0.15, 0.2) is 0 Å². The van der Waals surface area contributed by atoms with Crippen molar-refractivity contribution >= 4 is 23.4 Å². The monoisotopic (exact) mass is 415 g/mol. The van der Waals surface area contributed by atoms with E-state index in [9.17, 15) is 14.4 Å². The Balaban J connectivity index is 1.43. The van der Waals surface area contributed by atoms with Gasteiger partial charge in [-0.15, -0.1) is 0 Å². The number of amides is 3. The third-order valence-electron chi connectivity index (χ3n) is 5.91. The smallest absolute Gasteiger partial charge is 0.251 e. The van der Waals surface area contributed by atoms with Crippen molar-refractivity contribution in [2.24, 2.45) is 5.92 Å². The first-order valence-corrected chi connectivity index (χ1v) is 10.9. The molecule has 1 spiro atoms. The van der Waals surface area contributed by atoms with Gasteiger partial charge in [0.1, 0.15) is 0 Å². The zero-order valence-electron chi connectivity index (χ0n) is 18.2. The Hall–Kier alpha value is -2.41. The minimum absolute atomic E-state index is 0.00511. The quantitative estimate of drug-likeness (QED) is 0.748. The molecule has 0 bridgehead atoms. The number of rotatable bonds is 6. The molecule has 2 N–H and O–H groups in total. The summed E-state index contributed by atoms with van der Waals surface area (Å²) in [6.07, 6.45) is 4.24. The minimum atomic E-state index is -0.150. The number of anilines is 1. The molecule has 0 aliphatic carbocycles. The molecule has 0 saturated carbocycles. The van der Waals surface area contributed by atoms with Crippen LogP contribution < -0.4 is 10.6 Å². The summed E-state index contributed by atoms with van der Waals surface area (Å²) in [5.41, 5.74) is 1.07. The molecule has 2 aliphatic heterocycles. The first-order valence-electron chi connectivity index (χ1n) is 10.9. The minimum Gasteiger partial charge on any atom is -0.370 e. The summed E-state index contributed by atoms with van der Waals surface area (Å²) in [5.74, 6) is 0.328. The number of likely N-dealkylation sites (tertiary alicyclic amines) is 1. The predicted molar refractivity (Wildman–Crippen MR) is 115 cm³/mol. The molecule has 2 heterocycles. The number of ether oxygens (including phenoxy) is 1. The molecular formula is C23H33N3O4. The molecule has 2 aliphatic rings. The lowest BCUT2D eigenvalue weighted by molar-refractivity contribution is -0.138. The molecule has 164 valence electrons. The Labute approximate surface area is 178 Å². The zero-order chi connectivity index (χ0) is 21.7. The van der Waals surface area contributed by atoms with Gasteiger partial charge in [-0.2, -0.15) is 0 Å². The van der Waals surface area contributed by atoms with Crippen LogP contribution in [0.4, 0.5) is 5.69 Å². The van der Waals surface area contributed by atoms with Gasteiger partial charge >= 0.3 is 0 Å². The number of piperidine rings is 1. The third kappa shape index (κ3) is 5.81. The van der Waals surface area contributed by atoms with Gasteiger partial charge in [-0.3, -0.25) is 14.4 Å². The standard InChI is InChI=1S/C23H33N3O4/c1-16(2)14-21(28)26-12-10-23(11-13-26)9-8-20(30-23)15-24-22(29)18-4-6-19(7-5-18)25-17(3)27/h4-7,16,20H,8-15H2,1-3H3,(H,24,29)(H,25,27)/t20-/m1/s1. The van der Waals surface area contributed by atoms with Gasteiger partial charge in [-0.05, 0) is 55.9 Å². The summed E-state index contributed by atoms with van der Waals surface area (Å²) in [7, 11) is 0. The maximum Gasteiger partial charge on any atom is 0.251 e. The molecule has 2 saturated heterocycles. The van der Waals surface area contributed by atoms with Gasteiger partial charge in [0.25, 0.3) is 5.91 Å². The van der Waals surface area contributed by atoms with E-state index >= 15 is 0 Å². The highest BCUT2D eigenvalue weighted by molar-refractivity contribution is 5.95. The van der Waals surface area contributed by atoms with Gasteiger partial charge in [-0.1, -0.05) is 13.8 Å². The summed E-state index contributed by atoms with van der Waals surface area (Å²) in [6.45, 7) is 7.57. The van der Waals surface area contributed by atoms with Crippen LogP contribution >= 0.6 is 0 Å². The first-order chi connectivity index (χ1) is 14.3. The topological polar surface area (TPSA) is 87.7 Å². The largest absolute Gasteiger partial charge is 0.370 e. The Bertz CT molecular complexity index is 767. The van der Waals surface area contributed by atoms with Crippen molar-refractivity contribution in [3.63, 3.8) is 0 Å². The fourth-order valence-electron chi connectivity index (χ4n) is 4.27. The van der Waals surface area contributed by atoms with Crippen LogP contribution in [-0.2, 0) is 14.3 Å². The fourth-order valence-corrected chi connectivity index (χ4v) is 4.27. The van der Waals surface area contributed by atoms with Gasteiger partial charge in [0.05, 0.1) is 11.7 Å². The number of nitrogens with zero attached hydrogens (tertiary/aromatic N) is 1. The van der Waals surface area contributed by atoms with Crippen LogP contribution in [-0.4, -0.2) is 54.0 Å². The van der Waals surface area contributed by atoms with E-state index in [1.807, 2.05) is 4.90 Å². The van der Waals surface area contributed by atoms with Gasteiger partial charge in [0, 0.05) is 44.2 Å². The maximum absolute atomic E-state index is 12.4. The van der Waals surface area contributed by atoms with Crippen molar-refractivity contribution in [3.8, 4) is 0 Å². The van der Waals surface area contributed by atoms with Crippen molar-refractivity contribution in [2.45, 2.75) is 64.6 Å². The Kier molecular flexibility index (Phi) is 7.13. The van der Waals surface area contributed by atoms with Crippen molar-refractivity contribution in [3.05, 3.63) is 29.8 Å². The molecule has 0 radical (unpaired) electrons. The molecular weight excluding hydrogens is 382 g/mol. The Morgan fingerprint density at radius 2 is 1.80 bits per heavy atom. The molecule has 30 heavy (non-hydrogen) atoms. The highest BCUT2D eigenvalue weighted by Gasteiger charge is 2.43. The third-order valence-corrected chi connectivity index (χ3v) is 5.91. The number of nitrogens with one attached hydrogen (secondary N) is 2. The van der Waals surface area contributed by atoms with Gasteiger partial charge in [-0.25, -0.2) is 0 Å². The van der Waals surface area contributed by atoms with E-state index in [-0.39, 0.29) is 29.4 Å². The summed E-state index contributed by atoms with van der Waals surface area (Å²) in [6, 6.07) is 6.82. The second-order valence-corrected chi connectivity index (χ2v) is 8.91. The summed E-state index contributed by atoms with van der Waals surface area (Å²) >= 11 is 0. The molecule has 0 aromatic heterocycles. The number of hydrogen-bond acceptors (Lipinski definition) is 4. The second kappa shape index (κ2) is 9.60. The van der Waals surface area contributed by atoms with E-state index < -0.39 is 0 Å². The van der Waals surface area contributed by atoms with Gasteiger partial charge < -0.3 is 20.3 Å². The highest BCUT2D eigenvalue weighted by Crippen LogP contribution is 2.38. The van der Waals surface area contributed by atoms with E-state index in [0.717, 1.165) is 38.8 Å². The maximum atomic E-state index is 12.4. The molecule has 7 nitrogen and oxygen atoms in total. The molecule has 7 heteroatoms. The number of hydrogen-bond donors (Lipinski definition) is 2. The zero-order valence-corrected chi connectivity index (χ0v) is 18.2. The summed E-state index contributed by atoms with van der Waals surface area (Å²) in [5, 5.41) is 5.64. The van der Waals surface area contributed by atoms with Crippen molar-refractivity contribution in [1.29, 1.82) is 0 Å². The number of benzene rings is 1. The van der Waals surface area contributed by atoms with Crippen molar-refractivity contribution in [2.75, 3.05) is 25.0 Å². The van der Waals surface area contributed by atoms with Crippen LogP contribution in [0.25, 0.3) is 0 Å². The summed E-state index contributed by atoms with van der Waals surface area (Å²) in [4.78, 5) is 37.7. The lowest BCUT2D eigenvalue weighted by Gasteiger charge is -2.39. The normalized spacial score (nSPS) is 20.4. The predicted octanol–water partition coefficient (Wildman–Crippen LogP) is 2.96. The lowest BCUT2D eigenvalue weighted by atomic mass is 9.88. The number of carbonyl (C=O) groups is 3. The van der Waals surface area contributed by atoms with E-state index in [2.05, 4.69) is 24.5 Å². The Morgan fingerprint density at radius 3 is 2.40 bits per heavy atom. The van der Waals surface area contributed by atoms with Crippen LogP contribution in [0.1, 0.15) is 63.2 Å². The molecule has 0 unspecified atom stereocenters. The van der Waals surface area contributed by atoms with E-state index in [1.54, 1.807) is 24.3 Å². The summed E-state index contributed by atoms with van der Waals surface area (Å²) < 4.78 is 6.35. The highest BCUT2D eigenvalue weighted by atomic mass is 16.5. The van der Waals surface area contributed by atoms with Crippen LogP contribution in [0.2, 0.25) is 0 Å². The van der Waals surface area contributed by atoms with Crippen LogP contribution in [0.5, 0.6) is 0 Å². The molecule has 1 atom stereocenters. The van der Waals surface area contributed by atoms with E-state index in [4.69, 9.17) is 4.74 Å². The van der Waals surface area contributed by atoms with Gasteiger partial charge in [0.2, 0.25) is 11.8 Å². The second-order valence-electron chi connectivity index (χ2n) is 8.91. The van der Waals surface area contributed by atoms with Crippen molar-refractivity contribution in [1.82, 2.24) is 10.2 Å². The molecule has 1 aromatic rings. The van der Waals surface area contributed by atoms with E-state index in [1.165, 1.54) is 6.92 Å². The van der Waals surface area contributed by atoms with E-state index in [0.29, 0.717) is 30.1 Å². The van der Waals surface area contributed by atoms with Crippen LogP contribution in [0.15, 0.2) is 24.3 Å². The average Bonchev–Trinajstić information content (AvgIpc) is 3.08. The SMILES string of the molecule is CC(=O)Nc1ccc(C(=O)NC[C@H]2CCC3(CCN(C(=O)CC(C)C)CC3)O2)cc1. The first kappa shape index (κ1) is 22.3. The number of carbonyl (C=O) groups excluding carboxylic acids is 3. The molecule has 3 amide bonds. The van der Waals surface area contributed by atoms with Crippen molar-refractivity contribution < 1.29 is 19.1 Å². The lowest BCUT2D eigenvalue weighted by Crippen LogP contribution is -2.47.